The Bertz CT molecular complexity index is 525. The third kappa shape index (κ3) is 3.96. The second kappa shape index (κ2) is 5.66. The quantitative estimate of drug-likeness (QED) is 0.876. The van der Waals surface area contributed by atoms with Crippen molar-refractivity contribution in [3.05, 3.63) is 23.4 Å². The third-order valence-electron chi connectivity index (χ3n) is 4.25. The Morgan fingerprint density at radius 2 is 1.86 bits per heavy atom. The summed E-state index contributed by atoms with van der Waals surface area (Å²) >= 11 is 0. The number of hydrogen-bond donors (Lipinski definition) is 2. The average molecular weight is 289 g/mol. The summed E-state index contributed by atoms with van der Waals surface area (Å²) in [5.74, 6) is 0.361. The lowest BCUT2D eigenvalue weighted by Crippen LogP contribution is -2.47. The van der Waals surface area contributed by atoms with E-state index in [1.807, 2.05) is 6.07 Å². The van der Waals surface area contributed by atoms with Gasteiger partial charge in [0.25, 0.3) is 5.91 Å². The molecule has 0 atom stereocenters. The van der Waals surface area contributed by atoms with E-state index >= 15 is 0 Å². The minimum Gasteiger partial charge on any atom is -0.384 e. The molecule has 0 spiro atoms. The predicted molar refractivity (Wildman–Crippen MR) is 86.3 cm³/mol. The molecule has 116 valence electrons. The largest absolute Gasteiger partial charge is 0.384 e. The smallest absolute Gasteiger partial charge is 0.251 e. The Morgan fingerprint density at radius 1 is 1.24 bits per heavy atom. The summed E-state index contributed by atoms with van der Waals surface area (Å²) in [4.78, 5) is 16.9. The van der Waals surface area contributed by atoms with Gasteiger partial charge in [-0.1, -0.05) is 40.0 Å². The maximum absolute atomic E-state index is 12.6. The van der Waals surface area contributed by atoms with E-state index in [1.165, 1.54) is 19.3 Å². The van der Waals surface area contributed by atoms with Crippen molar-refractivity contribution >= 4 is 11.7 Å². The molecule has 0 aliphatic heterocycles. The lowest BCUT2D eigenvalue weighted by atomic mass is 9.83. The highest BCUT2D eigenvalue weighted by atomic mass is 16.1. The van der Waals surface area contributed by atoms with Gasteiger partial charge in [0.05, 0.1) is 0 Å². The van der Waals surface area contributed by atoms with Crippen LogP contribution in [0, 0.1) is 0 Å². The molecule has 2 rings (SSSR count). The molecule has 4 heteroatoms. The Kier molecular flexibility index (Phi) is 4.26. The molecule has 0 radical (unpaired) electrons. The molecular formula is C17H27N3O. The van der Waals surface area contributed by atoms with Crippen LogP contribution in [0.3, 0.4) is 0 Å². The first kappa shape index (κ1) is 15.8. The summed E-state index contributed by atoms with van der Waals surface area (Å²) in [5, 5.41) is 3.20. The molecule has 1 amide bonds. The van der Waals surface area contributed by atoms with Crippen molar-refractivity contribution in [3.8, 4) is 0 Å². The fourth-order valence-electron chi connectivity index (χ4n) is 2.87. The van der Waals surface area contributed by atoms with Crippen molar-refractivity contribution in [1.82, 2.24) is 10.3 Å². The molecule has 3 N–H and O–H groups in total. The first-order chi connectivity index (χ1) is 9.70. The topological polar surface area (TPSA) is 68.0 Å². The van der Waals surface area contributed by atoms with Gasteiger partial charge in [-0.2, -0.15) is 0 Å². The van der Waals surface area contributed by atoms with E-state index in [0.29, 0.717) is 11.4 Å². The monoisotopic (exact) mass is 289 g/mol. The van der Waals surface area contributed by atoms with Crippen LogP contribution in [0.4, 0.5) is 5.82 Å². The highest BCUT2D eigenvalue weighted by Gasteiger charge is 2.29. The number of nitrogens with two attached hydrogens (primary N) is 1. The first-order valence-electron chi connectivity index (χ1n) is 7.80. The number of nitrogen functional groups attached to an aromatic ring is 1. The molecule has 0 unspecified atom stereocenters. The van der Waals surface area contributed by atoms with Gasteiger partial charge in [0.2, 0.25) is 0 Å². The van der Waals surface area contributed by atoms with Crippen LogP contribution < -0.4 is 11.1 Å². The highest BCUT2D eigenvalue weighted by Crippen LogP contribution is 2.28. The Labute approximate surface area is 127 Å². The van der Waals surface area contributed by atoms with E-state index in [2.05, 4.69) is 38.0 Å². The van der Waals surface area contributed by atoms with Gasteiger partial charge in [-0.25, -0.2) is 4.98 Å². The van der Waals surface area contributed by atoms with E-state index in [1.54, 1.807) is 6.07 Å². The maximum atomic E-state index is 12.6. The number of aromatic nitrogens is 1. The van der Waals surface area contributed by atoms with Crippen molar-refractivity contribution in [3.63, 3.8) is 0 Å². The molecule has 1 aliphatic carbocycles. The van der Waals surface area contributed by atoms with Gasteiger partial charge in [0.1, 0.15) is 5.82 Å². The minimum absolute atomic E-state index is 0.0426. The van der Waals surface area contributed by atoms with Crippen molar-refractivity contribution in [2.45, 2.75) is 70.8 Å². The van der Waals surface area contributed by atoms with E-state index in [-0.39, 0.29) is 16.9 Å². The van der Waals surface area contributed by atoms with Gasteiger partial charge in [0.15, 0.2) is 0 Å². The third-order valence-corrected chi connectivity index (χ3v) is 4.25. The molecule has 1 aromatic heterocycles. The Hall–Kier alpha value is -1.58. The van der Waals surface area contributed by atoms with Crippen molar-refractivity contribution < 1.29 is 4.79 Å². The van der Waals surface area contributed by atoms with Crippen LogP contribution in [-0.2, 0) is 5.41 Å². The van der Waals surface area contributed by atoms with Gasteiger partial charge in [-0.3, -0.25) is 4.79 Å². The van der Waals surface area contributed by atoms with Crippen LogP contribution in [0.15, 0.2) is 12.1 Å². The number of nitrogens with zero attached hydrogens (tertiary/aromatic N) is 1. The number of nitrogens with one attached hydrogen (secondary N) is 1. The second-order valence-corrected chi connectivity index (χ2v) is 7.49. The zero-order chi connectivity index (χ0) is 15.7. The maximum Gasteiger partial charge on any atom is 0.251 e. The molecule has 1 saturated carbocycles. The van der Waals surface area contributed by atoms with Crippen LogP contribution in [0.25, 0.3) is 0 Å². The van der Waals surface area contributed by atoms with Crippen LogP contribution in [0.5, 0.6) is 0 Å². The van der Waals surface area contributed by atoms with Gasteiger partial charge < -0.3 is 11.1 Å². The predicted octanol–water partition coefficient (Wildman–Crippen LogP) is 3.41. The zero-order valence-corrected chi connectivity index (χ0v) is 13.6. The normalized spacial score (nSPS) is 18.3. The summed E-state index contributed by atoms with van der Waals surface area (Å²) in [6, 6.07) is 3.52. The second-order valence-electron chi connectivity index (χ2n) is 7.49. The summed E-state index contributed by atoms with van der Waals surface area (Å²) in [6.45, 7) is 8.34. The van der Waals surface area contributed by atoms with Crippen molar-refractivity contribution in [1.29, 1.82) is 0 Å². The number of carbonyl (C=O) groups is 1. The molecule has 1 heterocycles. The number of rotatable bonds is 2. The number of anilines is 1. The molecule has 1 fully saturated rings. The first-order valence-corrected chi connectivity index (χ1v) is 7.80. The number of carbonyl (C=O) groups excluding carboxylic acids is 1. The van der Waals surface area contributed by atoms with Gasteiger partial charge in [0, 0.05) is 22.2 Å². The van der Waals surface area contributed by atoms with Crippen molar-refractivity contribution in [2.75, 3.05) is 5.73 Å². The van der Waals surface area contributed by atoms with Crippen LogP contribution in [0.1, 0.15) is 75.9 Å². The van der Waals surface area contributed by atoms with Crippen LogP contribution >= 0.6 is 0 Å². The lowest BCUT2D eigenvalue weighted by molar-refractivity contribution is 0.0882. The van der Waals surface area contributed by atoms with Gasteiger partial charge in [-0.05, 0) is 31.9 Å². The molecule has 21 heavy (non-hydrogen) atoms. The van der Waals surface area contributed by atoms with E-state index in [0.717, 1.165) is 18.5 Å². The lowest BCUT2D eigenvalue weighted by Gasteiger charge is -2.34. The summed E-state index contributed by atoms with van der Waals surface area (Å²) < 4.78 is 0. The number of amides is 1. The molecular weight excluding hydrogens is 262 g/mol. The highest BCUT2D eigenvalue weighted by molar-refractivity contribution is 5.95. The number of pyridine rings is 1. The van der Waals surface area contributed by atoms with E-state index < -0.39 is 0 Å². The summed E-state index contributed by atoms with van der Waals surface area (Å²) in [7, 11) is 0. The fourth-order valence-corrected chi connectivity index (χ4v) is 2.87. The fraction of sp³-hybridized carbons (Fsp3) is 0.647. The standard InChI is InChI=1S/C17H27N3O/c1-16(2,3)13-10-12(11-14(18)19-13)15(21)20-17(4)8-6-5-7-9-17/h10-11H,5-9H2,1-4H3,(H2,18,19)(H,20,21). The Balaban J connectivity index is 2.21. The minimum atomic E-state index is -0.126. The van der Waals surface area contributed by atoms with Gasteiger partial charge in [-0.15, -0.1) is 0 Å². The molecule has 0 saturated heterocycles. The summed E-state index contributed by atoms with van der Waals surface area (Å²) in [5.41, 5.74) is 7.11. The molecule has 0 bridgehead atoms. The number of hydrogen-bond acceptors (Lipinski definition) is 3. The molecule has 0 aromatic carbocycles. The van der Waals surface area contributed by atoms with Crippen LogP contribution in [-0.4, -0.2) is 16.4 Å². The molecule has 1 aromatic rings. The van der Waals surface area contributed by atoms with Gasteiger partial charge >= 0.3 is 0 Å². The molecule has 1 aliphatic rings. The zero-order valence-electron chi connectivity index (χ0n) is 13.6. The van der Waals surface area contributed by atoms with Crippen LogP contribution in [0.2, 0.25) is 0 Å². The summed E-state index contributed by atoms with van der Waals surface area (Å²) in [6.07, 6.45) is 5.73. The SMILES string of the molecule is CC1(NC(=O)c2cc(N)nc(C(C)(C)C)c2)CCCCC1. The Morgan fingerprint density at radius 3 is 2.43 bits per heavy atom. The van der Waals surface area contributed by atoms with E-state index in [4.69, 9.17) is 5.73 Å². The van der Waals surface area contributed by atoms with Crippen molar-refractivity contribution in [2.24, 2.45) is 0 Å². The van der Waals surface area contributed by atoms with E-state index in [9.17, 15) is 4.79 Å². The molecule has 4 nitrogen and oxygen atoms in total. The average Bonchev–Trinajstić information content (AvgIpc) is 2.37.